The summed E-state index contributed by atoms with van der Waals surface area (Å²) in [5.74, 6) is -2.43. The van der Waals surface area contributed by atoms with Crippen molar-refractivity contribution in [1.29, 1.82) is 0 Å². The van der Waals surface area contributed by atoms with Gasteiger partial charge in [-0.1, -0.05) is 47.5 Å². The van der Waals surface area contributed by atoms with Gasteiger partial charge in [-0.3, -0.25) is 9.59 Å². The smallest absolute Gasteiger partial charge is 0.308 e. The standard InChI is InChI=1S/C27H34BrF2NO3/c1-8-34-22(32)13-21(31-27(33)20(28)9-14(2)3)24-25(29)18(7)12-19(26(24)30)23-16(5)10-15(4)11-17(23)6/h10-12,14,20-21H,8-9,13H2,1-7H3,(H,31,33)/t20-,21+/m1/s1. The van der Waals surface area contributed by atoms with E-state index < -0.39 is 34.4 Å². The van der Waals surface area contributed by atoms with Gasteiger partial charge >= 0.3 is 5.97 Å². The lowest BCUT2D eigenvalue weighted by atomic mass is 9.89. The van der Waals surface area contributed by atoms with Crippen LogP contribution in [0.1, 0.15) is 67.5 Å². The highest BCUT2D eigenvalue weighted by atomic mass is 79.9. The van der Waals surface area contributed by atoms with Gasteiger partial charge in [0.1, 0.15) is 11.6 Å². The molecule has 0 aliphatic rings. The zero-order valence-corrected chi connectivity index (χ0v) is 22.5. The summed E-state index contributed by atoms with van der Waals surface area (Å²) in [6.45, 7) is 13.0. The van der Waals surface area contributed by atoms with Gasteiger partial charge in [0.2, 0.25) is 5.91 Å². The summed E-state index contributed by atoms with van der Waals surface area (Å²) in [4.78, 5) is 24.6. The summed E-state index contributed by atoms with van der Waals surface area (Å²) in [6.07, 6.45) is 0.146. The molecule has 0 bridgehead atoms. The van der Waals surface area contributed by atoms with Gasteiger partial charge in [0.25, 0.3) is 0 Å². The van der Waals surface area contributed by atoms with E-state index in [0.717, 1.165) is 16.7 Å². The third kappa shape index (κ3) is 6.65. The number of ether oxygens (including phenoxy) is 1. The van der Waals surface area contributed by atoms with Crippen molar-refractivity contribution < 1.29 is 23.1 Å². The number of carbonyl (C=O) groups is 2. The summed E-state index contributed by atoms with van der Waals surface area (Å²) in [5.41, 5.74) is 3.57. The van der Waals surface area contributed by atoms with Crippen LogP contribution in [0.2, 0.25) is 0 Å². The molecule has 0 saturated heterocycles. The molecular formula is C27H34BrF2NO3. The second kappa shape index (κ2) is 11.9. The lowest BCUT2D eigenvalue weighted by Gasteiger charge is -2.24. The van der Waals surface area contributed by atoms with Gasteiger partial charge in [0.05, 0.1) is 23.9 Å². The molecule has 0 spiro atoms. The van der Waals surface area contributed by atoms with Crippen LogP contribution in [0.25, 0.3) is 11.1 Å². The van der Waals surface area contributed by atoms with Crippen LogP contribution in [0.15, 0.2) is 18.2 Å². The van der Waals surface area contributed by atoms with E-state index in [1.54, 1.807) is 13.8 Å². The molecule has 34 heavy (non-hydrogen) atoms. The molecule has 0 radical (unpaired) electrons. The predicted molar refractivity (Wildman–Crippen MR) is 135 cm³/mol. The number of alkyl halides is 1. The maximum Gasteiger partial charge on any atom is 0.308 e. The van der Waals surface area contributed by atoms with Gasteiger partial charge in [0, 0.05) is 11.1 Å². The molecule has 0 aromatic heterocycles. The van der Waals surface area contributed by atoms with E-state index in [1.807, 2.05) is 46.8 Å². The van der Waals surface area contributed by atoms with E-state index in [9.17, 15) is 9.59 Å². The number of hydrogen-bond donors (Lipinski definition) is 1. The number of rotatable bonds is 9. The Labute approximate surface area is 209 Å². The third-order valence-corrected chi connectivity index (χ3v) is 6.46. The molecule has 2 aromatic carbocycles. The normalized spacial score (nSPS) is 13.0. The molecule has 0 heterocycles. The van der Waals surface area contributed by atoms with E-state index in [-0.39, 0.29) is 35.6 Å². The Morgan fingerprint density at radius 2 is 1.59 bits per heavy atom. The number of carbonyl (C=O) groups excluding carboxylic acids is 2. The van der Waals surface area contributed by atoms with Crippen molar-refractivity contribution in [2.75, 3.05) is 6.61 Å². The number of amides is 1. The average molecular weight is 538 g/mol. The van der Waals surface area contributed by atoms with Crippen LogP contribution in [0.4, 0.5) is 8.78 Å². The first kappa shape index (κ1) is 28.0. The minimum absolute atomic E-state index is 0.125. The van der Waals surface area contributed by atoms with E-state index in [1.165, 1.54) is 6.07 Å². The molecule has 1 amide bonds. The van der Waals surface area contributed by atoms with Crippen LogP contribution >= 0.6 is 15.9 Å². The fourth-order valence-corrected chi connectivity index (χ4v) is 5.16. The summed E-state index contributed by atoms with van der Waals surface area (Å²) >= 11 is 3.35. The molecule has 0 unspecified atom stereocenters. The quantitative estimate of drug-likeness (QED) is 0.283. The molecule has 2 atom stereocenters. The number of hydrogen-bond acceptors (Lipinski definition) is 3. The Balaban J connectivity index is 2.65. The summed E-state index contributed by atoms with van der Waals surface area (Å²) < 4.78 is 36.5. The second-order valence-corrected chi connectivity index (χ2v) is 10.3. The first-order chi connectivity index (χ1) is 15.9. The van der Waals surface area contributed by atoms with E-state index in [4.69, 9.17) is 4.74 Å². The monoisotopic (exact) mass is 537 g/mol. The summed E-state index contributed by atoms with van der Waals surface area (Å²) in [5, 5.41) is 2.69. The number of esters is 1. The number of halogens is 3. The SMILES string of the molecule is CCOC(=O)C[C@H](NC(=O)[C@H](Br)CC(C)C)c1c(F)c(C)cc(-c2c(C)cc(C)cc2C)c1F. The Morgan fingerprint density at radius 1 is 1.00 bits per heavy atom. The lowest BCUT2D eigenvalue weighted by Crippen LogP contribution is -2.37. The van der Waals surface area contributed by atoms with Crippen molar-refractivity contribution in [1.82, 2.24) is 5.32 Å². The molecule has 0 aliphatic heterocycles. The second-order valence-electron chi connectivity index (χ2n) is 9.22. The van der Waals surface area contributed by atoms with Crippen LogP contribution < -0.4 is 5.32 Å². The highest BCUT2D eigenvalue weighted by molar-refractivity contribution is 9.10. The van der Waals surface area contributed by atoms with Gasteiger partial charge in [-0.25, -0.2) is 8.78 Å². The van der Waals surface area contributed by atoms with Crippen molar-refractivity contribution in [2.24, 2.45) is 5.92 Å². The molecule has 4 nitrogen and oxygen atoms in total. The Hall–Kier alpha value is -2.28. The minimum atomic E-state index is -1.22. The largest absolute Gasteiger partial charge is 0.466 e. The highest BCUT2D eigenvalue weighted by Gasteiger charge is 2.31. The van der Waals surface area contributed by atoms with Crippen molar-refractivity contribution in [3.05, 3.63) is 57.7 Å². The van der Waals surface area contributed by atoms with Crippen LogP contribution in [0.3, 0.4) is 0 Å². The average Bonchev–Trinajstić information content (AvgIpc) is 2.70. The molecule has 1 N–H and O–H groups in total. The Kier molecular flexibility index (Phi) is 9.80. The molecule has 0 fully saturated rings. The van der Waals surface area contributed by atoms with Crippen LogP contribution in [0.5, 0.6) is 0 Å². The van der Waals surface area contributed by atoms with Gasteiger partial charge in [-0.05, 0) is 75.3 Å². The maximum absolute atomic E-state index is 16.1. The first-order valence-corrected chi connectivity index (χ1v) is 12.5. The number of benzene rings is 2. The molecule has 2 rings (SSSR count). The Morgan fingerprint density at radius 3 is 2.12 bits per heavy atom. The van der Waals surface area contributed by atoms with Gasteiger partial charge in [0.15, 0.2) is 0 Å². The molecule has 0 saturated carbocycles. The maximum atomic E-state index is 16.1. The zero-order chi connectivity index (χ0) is 25.7. The van der Waals surface area contributed by atoms with Crippen molar-refractivity contribution in [3.8, 4) is 11.1 Å². The summed E-state index contributed by atoms with van der Waals surface area (Å²) in [7, 11) is 0. The van der Waals surface area contributed by atoms with Crippen LogP contribution in [0, 0.1) is 45.2 Å². The van der Waals surface area contributed by atoms with Crippen molar-refractivity contribution in [2.45, 2.75) is 72.2 Å². The minimum Gasteiger partial charge on any atom is -0.466 e. The topological polar surface area (TPSA) is 55.4 Å². The van der Waals surface area contributed by atoms with Crippen LogP contribution in [-0.4, -0.2) is 23.3 Å². The van der Waals surface area contributed by atoms with E-state index in [2.05, 4.69) is 21.2 Å². The Bertz CT molecular complexity index is 1050. The fourth-order valence-electron chi connectivity index (χ4n) is 4.28. The molecule has 7 heteroatoms. The third-order valence-electron chi connectivity index (χ3n) is 5.67. The first-order valence-electron chi connectivity index (χ1n) is 11.5. The van der Waals surface area contributed by atoms with Gasteiger partial charge in [-0.2, -0.15) is 0 Å². The molecule has 0 aliphatic carbocycles. The zero-order valence-electron chi connectivity index (χ0n) is 20.9. The van der Waals surface area contributed by atoms with Gasteiger partial charge in [-0.15, -0.1) is 0 Å². The fraction of sp³-hybridized carbons (Fsp3) is 0.481. The molecule has 2 aromatic rings. The van der Waals surface area contributed by atoms with Crippen LogP contribution in [-0.2, 0) is 14.3 Å². The number of nitrogens with one attached hydrogen (secondary N) is 1. The molecule has 186 valence electrons. The van der Waals surface area contributed by atoms with Gasteiger partial charge < -0.3 is 10.1 Å². The number of aryl methyl sites for hydroxylation is 4. The van der Waals surface area contributed by atoms with E-state index in [0.29, 0.717) is 12.0 Å². The summed E-state index contributed by atoms with van der Waals surface area (Å²) in [6, 6.07) is 4.15. The molecular weight excluding hydrogens is 504 g/mol. The highest BCUT2D eigenvalue weighted by Crippen LogP contribution is 2.37. The van der Waals surface area contributed by atoms with Crippen molar-refractivity contribution in [3.63, 3.8) is 0 Å². The van der Waals surface area contributed by atoms with E-state index >= 15 is 8.78 Å². The predicted octanol–water partition coefficient (Wildman–Crippen LogP) is 6.79. The lowest BCUT2D eigenvalue weighted by molar-refractivity contribution is -0.143. The van der Waals surface area contributed by atoms with Crippen molar-refractivity contribution >= 4 is 27.8 Å².